The van der Waals surface area contributed by atoms with Gasteiger partial charge in [-0.25, -0.2) is 4.98 Å². The van der Waals surface area contributed by atoms with Gasteiger partial charge in [0.2, 0.25) is 0 Å². The molecule has 0 aliphatic carbocycles. The molecule has 1 aromatic heterocycles. The van der Waals surface area contributed by atoms with Crippen molar-refractivity contribution in [2.45, 2.75) is 12.3 Å². The van der Waals surface area contributed by atoms with Gasteiger partial charge in [0.05, 0.1) is 6.20 Å². The minimum absolute atomic E-state index is 0.0160. The van der Waals surface area contributed by atoms with Crippen LogP contribution in [0, 0.1) is 0 Å². The van der Waals surface area contributed by atoms with Crippen LogP contribution < -0.4 is 10.5 Å². The molecular weight excluding hydrogens is 223 g/mol. The number of nitrogen functional groups attached to an aromatic ring is 1. The van der Waals surface area contributed by atoms with Crippen molar-refractivity contribution in [3.05, 3.63) is 18.3 Å². The summed E-state index contributed by atoms with van der Waals surface area (Å²) < 4.78 is 63.1. The van der Waals surface area contributed by atoms with Crippen molar-refractivity contribution in [2.24, 2.45) is 0 Å². The van der Waals surface area contributed by atoms with Crippen LogP contribution >= 0.6 is 0 Å². The average Bonchev–Trinajstić information content (AvgIpc) is 2.06. The Morgan fingerprint density at radius 3 is 2.13 bits per heavy atom. The van der Waals surface area contributed by atoms with Crippen LogP contribution in [0.15, 0.2) is 18.3 Å². The van der Waals surface area contributed by atoms with Crippen molar-refractivity contribution in [2.75, 3.05) is 5.73 Å². The van der Waals surface area contributed by atoms with E-state index in [-0.39, 0.29) is 5.82 Å². The summed E-state index contributed by atoms with van der Waals surface area (Å²) in [6.07, 6.45) is -10.3. The lowest BCUT2D eigenvalue weighted by Gasteiger charge is -2.19. The lowest BCUT2D eigenvalue weighted by molar-refractivity contribution is -0.360. The predicted octanol–water partition coefficient (Wildman–Crippen LogP) is 2.20. The molecule has 1 rings (SSSR count). The third-order valence-electron chi connectivity index (χ3n) is 1.34. The zero-order chi connectivity index (χ0) is 11.7. The summed E-state index contributed by atoms with van der Waals surface area (Å²) >= 11 is 0. The molecule has 1 aromatic rings. The quantitative estimate of drug-likeness (QED) is 0.789. The number of alkyl halides is 5. The average molecular weight is 228 g/mol. The summed E-state index contributed by atoms with van der Waals surface area (Å²) in [4.78, 5) is 3.30. The Morgan fingerprint density at radius 2 is 1.73 bits per heavy atom. The molecule has 0 spiro atoms. The first-order valence-electron chi connectivity index (χ1n) is 3.57. The highest BCUT2D eigenvalue weighted by Crippen LogP contribution is 2.36. The molecule has 0 fully saturated rings. The minimum Gasteiger partial charge on any atom is -0.424 e. The lowest BCUT2D eigenvalue weighted by atomic mass is 10.4. The first-order chi connectivity index (χ1) is 6.72. The standard InChI is InChI=1S/C7H5F5N2O/c8-6(9,10)7(11,12)15-4-1-2-5(13)14-3-4/h1-3H,(H2,13,14). The maximum absolute atomic E-state index is 12.3. The highest BCUT2D eigenvalue weighted by atomic mass is 19.4. The molecule has 0 saturated heterocycles. The number of aromatic nitrogens is 1. The molecule has 2 N–H and O–H groups in total. The van der Waals surface area contributed by atoms with Crippen molar-refractivity contribution in [3.8, 4) is 5.75 Å². The highest BCUT2D eigenvalue weighted by molar-refractivity contribution is 5.32. The monoisotopic (exact) mass is 228 g/mol. The van der Waals surface area contributed by atoms with Crippen LogP contribution in [0.2, 0.25) is 0 Å². The maximum atomic E-state index is 12.3. The third-order valence-corrected chi connectivity index (χ3v) is 1.34. The molecule has 0 amide bonds. The molecule has 3 nitrogen and oxygen atoms in total. The Balaban J connectivity index is 2.82. The molecule has 0 atom stereocenters. The first kappa shape index (κ1) is 11.5. The molecule has 0 radical (unpaired) electrons. The van der Waals surface area contributed by atoms with Gasteiger partial charge in [0, 0.05) is 0 Å². The van der Waals surface area contributed by atoms with Crippen LogP contribution in [0.3, 0.4) is 0 Å². The second kappa shape index (κ2) is 3.52. The lowest BCUT2D eigenvalue weighted by Crippen LogP contribution is -2.41. The molecule has 1 heterocycles. The number of nitrogens with zero attached hydrogens (tertiary/aromatic N) is 1. The van der Waals surface area contributed by atoms with Gasteiger partial charge < -0.3 is 10.5 Å². The molecule has 0 saturated carbocycles. The summed E-state index contributed by atoms with van der Waals surface area (Å²) in [5.41, 5.74) is 5.10. The summed E-state index contributed by atoms with van der Waals surface area (Å²) in [5.74, 6) is -0.732. The SMILES string of the molecule is Nc1ccc(OC(F)(F)C(F)(F)F)cn1. The molecule has 84 valence electrons. The van der Waals surface area contributed by atoms with Gasteiger partial charge in [-0.1, -0.05) is 0 Å². The van der Waals surface area contributed by atoms with E-state index < -0.39 is 18.0 Å². The van der Waals surface area contributed by atoms with E-state index in [0.29, 0.717) is 6.20 Å². The number of pyridine rings is 1. The third kappa shape index (κ3) is 2.67. The number of nitrogens with two attached hydrogens (primary N) is 1. The fourth-order valence-corrected chi connectivity index (χ4v) is 0.658. The van der Waals surface area contributed by atoms with E-state index in [1.807, 2.05) is 0 Å². The zero-order valence-electron chi connectivity index (χ0n) is 7.05. The van der Waals surface area contributed by atoms with Crippen LogP contribution in [-0.4, -0.2) is 17.3 Å². The van der Waals surface area contributed by atoms with E-state index in [4.69, 9.17) is 5.73 Å². The number of halogens is 5. The number of rotatable bonds is 2. The Kier molecular flexibility index (Phi) is 2.69. The Hall–Kier alpha value is -1.60. The summed E-state index contributed by atoms with van der Waals surface area (Å²) in [5, 5.41) is 0. The molecule has 0 aliphatic heterocycles. The van der Waals surface area contributed by atoms with Gasteiger partial charge in [-0.05, 0) is 12.1 Å². The van der Waals surface area contributed by atoms with Gasteiger partial charge in [-0.15, -0.1) is 0 Å². The first-order valence-corrected chi connectivity index (χ1v) is 3.57. The van der Waals surface area contributed by atoms with Gasteiger partial charge in [-0.3, -0.25) is 0 Å². The van der Waals surface area contributed by atoms with Gasteiger partial charge in [0.25, 0.3) is 0 Å². The minimum atomic E-state index is -5.77. The smallest absolute Gasteiger partial charge is 0.424 e. The highest BCUT2D eigenvalue weighted by Gasteiger charge is 2.61. The fraction of sp³-hybridized carbons (Fsp3) is 0.286. The summed E-state index contributed by atoms with van der Waals surface area (Å²) in [6, 6.07) is 1.91. The van der Waals surface area contributed by atoms with Crippen LogP contribution in [0.5, 0.6) is 5.75 Å². The molecular formula is C7H5F5N2O. The van der Waals surface area contributed by atoms with Crippen molar-refractivity contribution < 1.29 is 26.7 Å². The van der Waals surface area contributed by atoms with Crippen LogP contribution in [0.25, 0.3) is 0 Å². The van der Waals surface area contributed by atoms with Crippen molar-refractivity contribution >= 4 is 5.82 Å². The fourth-order valence-electron chi connectivity index (χ4n) is 0.658. The second-order valence-electron chi connectivity index (χ2n) is 2.54. The normalized spacial score (nSPS) is 12.6. The number of hydrogen-bond acceptors (Lipinski definition) is 3. The second-order valence-corrected chi connectivity index (χ2v) is 2.54. The van der Waals surface area contributed by atoms with E-state index in [2.05, 4.69) is 9.72 Å². The van der Waals surface area contributed by atoms with E-state index in [1.54, 1.807) is 0 Å². The Bertz CT molecular complexity index is 334. The molecule has 0 aromatic carbocycles. The van der Waals surface area contributed by atoms with Crippen molar-refractivity contribution in [1.29, 1.82) is 0 Å². The van der Waals surface area contributed by atoms with Gasteiger partial charge >= 0.3 is 12.3 Å². The molecule has 0 aliphatic rings. The summed E-state index contributed by atoms with van der Waals surface area (Å²) in [7, 11) is 0. The van der Waals surface area contributed by atoms with E-state index in [9.17, 15) is 22.0 Å². The maximum Gasteiger partial charge on any atom is 0.499 e. The molecule has 0 bridgehead atoms. The Labute approximate surface area is 80.7 Å². The number of ether oxygens (including phenoxy) is 1. The topological polar surface area (TPSA) is 48.1 Å². The summed E-state index contributed by atoms with van der Waals surface area (Å²) in [6.45, 7) is 0. The molecule has 8 heteroatoms. The van der Waals surface area contributed by atoms with Crippen molar-refractivity contribution in [1.82, 2.24) is 4.98 Å². The van der Waals surface area contributed by atoms with Crippen molar-refractivity contribution in [3.63, 3.8) is 0 Å². The van der Waals surface area contributed by atoms with Gasteiger partial charge in [0.15, 0.2) is 0 Å². The number of anilines is 1. The van der Waals surface area contributed by atoms with Crippen LogP contribution in [-0.2, 0) is 0 Å². The zero-order valence-corrected chi connectivity index (χ0v) is 7.05. The largest absolute Gasteiger partial charge is 0.499 e. The van der Waals surface area contributed by atoms with E-state index in [0.717, 1.165) is 12.1 Å². The van der Waals surface area contributed by atoms with Crippen LogP contribution in [0.1, 0.15) is 0 Å². The Morgan fingerprint density at radius 1 is 1.13 bits per heavy atom. The van der Waals surface area contributed by atoms with Gasteiger partial charge in [-0.2, -0.15) is 22.0 Å². The van der Waals surface area contributed by atoms with E-state index in [1.165, 1.54) is 0 Å². The molecule has 15 heavy (non-hydrogen) atoms. The molecule has 0 unspecified atom stereocenters. The van der Waals surface area contributed by atoms with Gasteiger partial charge in [0.1, 0.15) is 11.6 Å². The van der Waals surface area contributed by atoms with Crippen LogP contribution in [0.4, 0.5) is 27.8 Å². The predicted molar refractivity (Wildman–Crippen MR) is 40.3 cm³/mol. The number of hydrogen-bond donors (Lipinski definition) is 1. The van der Waals surface area contributed by atoms with E-state index >= 15 is 0 Å².